The zero-order chi connectivity index (χ0) is 13.5. The van der Waals surface area contributed by atoms with Gasteiger partial charge in [-0.05, 0) is 36.1 Å². The Morgan fingerprint density at radius 2 is 1.89 bits per heavy atom. The van der Waals surface area contributed by atoms with Crippen LogP contribution < -0.4 is 0 Å². The fraction of sp³-hybridized carbons (Fsp3) is 0.267. The molecule has 0 unspecified atom stereocenters. The first-order chi connectivity index (χ1) is 8.58. The maximum atomic E-state index is 11.1. The Labute approximate surface area is 106 Å². The highest BCUT2D eigenvalue weighted by molar-refractivity contribution is 5.89. The molecule has 0 aliphatic heterocycles. The third kappa shape index (κ3) is 3.57. The Kier molecular flexibility index (Phi) is 4.84. The zero-order valence-corrected chi connectivity index (χ0v) is 9.89. The number of hydrogen-bond acceptors (Lipinski definition) is 2. The summed E-state index contributed by atoms with van der Waals surface area (Å²) in [5.41, 5.74) is 0.727. The second-order valence-corrected chi connectivity index (χ2v) is 4.03. The molecule has 0 saturated carbocycles. The van der Waals surface area contributed by atoms with Crippen molar-refractivity contribution in [1.29, 1.82) is 0 Å². The third-order valence-corrected chi connectivity index (χ3v) is 2.64. The van der Waals surface area contributed by atoms with Crippen LogP contribution in [0.1, 0.15) is 28.8 Å². The molecular formula is C15H14O3. The van der Waals surface area contributed by atoms with Crippen molar-refractivity contribution < 1.29 is 15.0 Å². The number of benzene rings is 1. The fourth-order valence-corrected chi connectivity index (χ4v) is 1.82. The van der Waals surface area contributed by atoms with E-state index >= 15 is 0 Å². The molecule has 0 atom stereocenters. The van der Waals surface area contributed by atoms with E-state index in [1.54, 1.807) is 0 Å². The first kappa shape index (κ1) is 13.7. The molecule has 0 radical (unpaired) electrons. The van der Waals surface area contributed by atoms with E-state index < -0.39 is 5.97 Å². The molecule has 92 valence electrons. The van der Waals surface area contributed by atoms with E-state index in [0.717, 1.165) is 0 Å². The lowest BCUT2D eigenvalue weighted by molar-refractivity contribution is 0.0695. The molecule has 0 aromatic heterocycles. The molecule has 3 heteroatoms. The Hall–Kier alpha value is -2.39. The van der Waals surface area contributed by atoms with E-state index in [-0.39, 0.29) is 17.2 Å². The van der Waals surface area contributed by atoms with Crippen LogP contribution in [0.5, 0.6) is 5.75 Å². The molecule has 1 aromatic rings. The van der Waals surface area contributed by atoms with E-state index in [1.807, 2.05) is 0 Å². The van der Waals surface area contributed by atoms with Crippen molar-refractivity contribution in [2.45, 2.75) is 19.3 Å². The summed E-state index contributed by atoms with van der Waals surface area (Å²) in [5.74, 6) is 4.10. The second kappa shape index (κ2) is 6.37. The van der Waals surface area contributed by atoms with Gasteiger partial charge in [0.1, 0.15) is 5.75 Å². The number of aromatic hydroxyl groups is 1. The minimum Gasteiger partial charge on any atom is -0.508 e. The number of phenols is 1. The van der Waals surface area contributed by atoms with Gasteiger partial charge in [-0.1, -0.05) is 0 Å². The number of carboxylic acids is 1. The Morgan fingerprint density at radius 1 is 1.28 bits per heavy atom. The summed E-state index contributed by atoms with van der Waals surface area (Å²) < 4.78 is 0. The van der Waals surface area contributed by atoms with Crippen molar-refractivity contribution >= 4 is 5.97 Å². The second-order valence-electron chi connectivity index (χ2n) is 4.03. The predicted octanol–water partition coefficient (Wildman–Crippen LogP) is 2.30. The van der Waals surface area contributed by atoms with Crippen LogP contribution in [-0.2, 0) is 6.42 Å². The molecule has 0 fully saturated rings. The molecule has 2 N–H and O–H groups in total. The number of carbonyl (C=O) groups is 1. The van der Waals surface area contributed by atoms with Crippen LogP contribution in [0.25, 0.3) is 0 Å². The number of aromatic carboxylic acids is 1. The number of rotatable bonds is 5. The van der Waals surface area contributed by atoms with Crippen LogP contribution in [0.2, 0.25) is 0 Å². The van der Waals surface area contributed by atoms with Gasteiger partial charge < -0.3 is 10.2 Å². The van der Waals surface area contributed by atoms with Crippen LogP contribution in [0.4, 0.5) is 0 Å². The summed E-state index contributed by atoms with van der Waals surface area (Å²) >= 11 is 0. The topological polar surface area (TPSA) is 57.5 Å². The van der Waals surface area contributed by atoms with E-state index in [2.05, 4.69) is 11.8 Å². The molecule has 0 saturated heterocycles. The molecule has 1 rings (SSSR count). The molecule has 1 aromatic carbocycles. The largest absolute Gasteiger partial charge is 0.508 e. The summed E-state index contributed by atoms with van der Waals surface area (Å²) in [6, 6.07) is 4.18. The molecule has 0 amide bonds. The minimum absolute atomic E-state index is 0.0277. The van der Waals surface area contributed by atoms with Gasteiger partial charge in [-0.2, -0.15) is 0 Å². The Morgan fingerprint density at radius 3 is 2.39 bits per heavy atom. The maximum absolute atomic E-state index is 11.1. The highest BCUT2D eigenvalue weighted by Gasteiger charge is 2.15. The standard InChI is InChI=1S/C15H14O3/c1-3-5-11(6-4-2)9-12-10-13(16)7-8-14(12)15(17)18/h1-2,7-8,10-11,16H,5-6,9H2,(H,17,18). The predicted molar refractivity (Wildman–Crippen MR) is 69.2 cm³/mol. The van der Waals surface area contributed by atoms with E-state index in [9.17, 15) is 9.90 Å². The van der Waals surface area contributed by atoms with Crippen molar-refractivity contribution in [3.05, 3.63) is 29.3 Å². The van der Waals surface area contributed by atoms with Gasteiger partial charge in [0, 0.05) is 12.8 Å². The average Bonchev–Trinajstić information content (AvgIpc) is 2.29. The molecule has 3 nitrogen and oxygen atoms in total. The average molecular weight is 242 g/mol. The van der Waals surface area contributed by atoms with E-state index in [4.69, 9.17) is 18.0 Å². The molecule has 0 spiro atoms. The number of carboxylic acid groups (broad SMARTS) is 1. The number of phenolic OH excluding ortho intramolecular Hbond substituents is 1. The number of hydrogen-bond donors (Lipinski definition) is 2. The quantitative estimate of drug-likeness (QED) is 0.779. The van der Waals surface area contributed by atoms with Crippen LogP contribution in [-0.4, -0.2) is 16.2 Å². The van der Waals surface area contributed by atoms with Crippen molar-refractivity contribution in [2.75, 3.05) is 0 Å². The normalized spacial score (nSPS) is 9.72. The molecular weight excluding hydrogens is 228 g/mol. The lowest BCUT2D eigenvalue weighted by Gasteiger charge is -2.13. The van der Waals surface area contributed by atoms with Crippen LogP contribution >= 0.6 is 0 Å². The van der Waals surface area contributed by atoms with Crippen LogP contribution in [0, 0.1) is 30.6 Å². The van der Waals surface area contributed by atoms with Crippen molar-refractivity contribution in [3.63, 3.8) is 0 Å². The maximum Gasteiger partial charge on any atom is 0.335 e. The lowest BCUT2D eigenvalue weighted by atomic mass is 9.91. The fourth-order valence-electron chi connectivity index (χ4n) is 1.82. The summed E-state index contributed by atoms with van der Waals surface area (Å²) in [6.45, 7) is 0. The zero-order valence-electron chi connectivity index (χ0n) is 9.89. The summed E-state index contributed by atoms with van der Waals surface area (Å²) in [4.78, 5) is 11.1. The van der Waals surface area contributed by atoms with Crippen molar-refractivity contribution in [1.82, 2.24) is 0 Å². The smallest absolute Gasteiger partial charge is 0.335 e. The monoisotopic (exact) mass is 242 g/mol. The SMILES string of the molecule is C#CCC(CC#C)Cc1cc(O)ccc1C(=O)O. The van der Waals surface area contributed by atoms with Crippen molar-refractivity contribution in [3.8, 4) is 30.4 Å². The van der Waals surface area contributed by atoms with Gasteiger partial charge >= 0.3 is 5.97 Å². The number of terminal acetylenes is 2. The summed E-state index contributed by atoms with van der Waals surface area (Å²) in [5, 5.41) is 18.5. The van der Waals surface area contributed by atoms with Gasteiger partial charge in [0.15, 0.2) is 0 Å². The van der Waals surface area contributed by atoms with Gasteiger partial charge in [-0.25, -0.2) is 4.79 Å². The minimum atomic E-state index is -1.02. The molecule has 0 aliphatic carbocycles. The highest BCUT2D eigenvalue weighted by Crippen LogP contribution is 2.22. The van der Waals surface area contributed by atoms with Gasteiger partial charge in [0.25, 0.3) is 0 Å². The third-order valence-electron chi connectivity index (χ3n) is 2.64. The van der Waals surface area contributed by atoms with Gasteiger partial charge in [0.05, 0.1) is 5.56 Å². The summed E-state index contributed by atoms with van der Waals surface area (Å²) in [7, 11) is 0. The van der Waals surface area contributed by atoms with Crippen LogP contribution in [0.3, 0.4) is 0 Å². The first-order valence-electron chi connectivity index (χ1n) is 5.50. The highest BCUT2D eigenvalue weighted by atomic mass is 16.4. The summed E-state index contributed by atoms with van der Waals surface area (Å²) in [6.07, 6.45) is 11.9. The van der Waals surface area contributed by atoms with Gasteiger partial charge in [-0.15, -0.1) is 24.7 Å². The van der Waals surface area contributed by atoms with Gasteiger partial charge in [0.2, 0.25) is 0 Å². The Balaban J connectivity index is 3.01. The van der Waals surface area contributed by atoms with Gasteiger partial charge in [-0.3, -0.25) is 0 Å². The van der Waals surface area contributed by atoms with Crippen LogP contribution in [0.15, 0.2) is 18.2 Å². The lowest BCUT2D eigenvalue weighted by Crippen LogP contribution is -2.08. The van der Waals surface area contributed by atoms with E-state index in [0.29, 0.717) is 24.8 Å². The van der Waals surface area contributed by atoms with E-state index in [1.165, 1.54) is 18.2 Å². The molecule has 18 heavy (non-hydrogen) atoms. The first-order valence-corrected chi connectivity index (χ1v) is 5.50. The molecule has 0 bridgehead atoms. The Bertz CT molecular complexity index is 502. The molecule has 0 aliphatic rings. The molecule has 0 heterocycles. The van der Waals surface area contributed by atoms with Crippen molar-refractivity contribution in [2.24, 2.45) is 5.92 Å².